The Morgan fingerprint density at radius 2 is 1.82 bits per heavy atom. The Kier molecular flexibility index (Phi) is 7.44. The number of hydrogen-bond donors (Lipinski definition) is 3. The van der Waals surface area contributed by atoms with E-state index >= 15 is 0 Å². The van der Waals surface area contributed by atoms with Crippen molar-refractivity contribution in [2.75, 3.05) is 6.61 Å². The molecule has 3 aliphatic rings. The van der Waals surface area contributed by atoms with Crippen LogP contribution in [0, 0.1) is 26.7 Å². The zero-order valence-electron chi connectivity index (χ0n) is 21.9. The van der Waals surface area contributed by atoms with Gasteiger partial charge >= 0.3 is 0 Å². The Labute approximate surface area is 225 Å². The van der Waals surface area contributed by atoms with Crippen molar-refractivity contribution in [3.8, 4) is 11.5 Å². The van der Waals surface area contributed by atoms with Gasteiger partial charge in [-0.1, -0.05) is 11.6 Å². The van der Waals surface area contributed by atoms with Gasteiger partial charge in [0.1, 0.15) is 12.7 Å². The number of ether oxygens (including phenoxy) is 2. The monoisotopic (exact) mass is 549 g/mol. The van der Waals surface area contributed by atoms with E-state index in [1.54, 1.807) is 13.0 Å². The molecule has 2 heterocycles. The second-order valence-electron chi connectivity index (χ2n) is 11.0. The average molecular weight is 550 g/mol. The predicted molar refractivity (Wildman–Crippen MR) is 141 cm³/mol. The van der Waals surface area contributed by atoms with Gasteiger partial charge in [-0.05, 0) is 70.1 Å². The summed E-state index contributed by atoms with van der Waals surface area (Å²) >= 11 is 6.49. The maximum Gasteiger partial charge on any atom is 0.253 e. The van der Waals surface area contributed by atoms with Crippen molar-refractivity contribution < 1.29 is 23.0 Å². The third-order valence-corrected chi connectivity index (χ3v) is 8.40. The average Bonchev–Trinajstić information content (AvgIpc) is 2.84. The zero-order valence-corrected chi connectivity index (χ0v) is 22.6. The van der Waals surface area contributed by atoms with E-state index in [-0.39, 0.29) is 55.0 Å². The third-order valence-electron chi connectivity index (χ3n) is 8.12. The summed E-state index contributed by atoms with van der Waals surface area (Å²) in [5.41, 5.74) is 2.84. The Hall–Kier alpha value is -2.65. The molecule has 10 heteroatoms. The molecule has 1 aliphatic heterocycles. The molecule has 2 aromatic rings. The number of aryl methyl sites for hydroxylation is 2. The number of benzene rings is 1. The van der Waals surface area contributed by atoms with Crippen molar-refractivity contribution in [2.45, 2.75) is 90.0 Å². The molecule has 2 fully saturated rings. The number of H-pyrrole nitrogens is 1. The lowest BCUT2D eigenvalue weighted by Gasteiger charge is -2.41. The normalized spacial score (nSPS) is 24.5. The second kappa shape index (κ2) is 10.5. The molecule has 0 spiro atoms. The quantitative estimate of drug-likeness (QED) is 0.473. The summed E-state index contributed by atoms with van der Waals surface area (Å²) in [5, 5.41) is 6.51. The summed E-state index contributed by atoms with van der Waals surface area (Å²) in [6.45, 7) is 5.90. The van der Waals surface area contributed by atoms with Gasteiger partial charge in [0.05, 0.1) is 5.02 Å². The maximum absolute atomic E-state index is 13.2. The van der Waals surface area contributed by atoms with Gasteiger partial charge in [-0.2, -0.15) is 0 Å². The zero-order chi connectivity index (χ0) is 27.2. The lowest BCUT2D eigenvalue weighted by molar-refractivity contribution is -0.0960. The number of hydrogen-bond acceptors (Lipinski definition) is 5. The highest BCUT2D eigenvalue weighted by Gasteiger charge is 2.46. The number of carbonyl (C=O) groups excluding carboxylic acids is 1. The molecule has 1 unspecified atom stereocenters. The molecule has 5 rings (SSSR count). The number of aromatic amines is 1. The fraction of sp³-hybridized carbons (Fsp3) is 0.571. The van der Waals surface area contributed by atoms with Gasteiger partial charge in [-0.25, -0.2) is 8.78 Å². The first kappa shape index (κ1) is 26.9. The predicted octanol–water partition coefficient (Wildman–Crippen LogP) is 4.97. The summed E-state index contributed by atoms with van der Waals surface area (Å²) < 4.78 is 38.7. The van der Waals surface area contributed by atoms with E-state index in [1.807, 2.05) is 19.9 Å². The maximum atomic E-state index is 13.2. The number of aromatic nitrogens is 1. The molecule has 0 bridgehead atoms. The standard InChI is InChI=1S/C28H34ClF2N3O4/c1-14-8-15(2)33-27(36)21(14)12-32-26(35)20-9-22(29)25-24(16(20)3)38-23(13-37-25)17-4-6-18(7-5-17)34-19-10-28(30,31)11-19/h8-9,17-19,23,34H,4-7,10-13H2,1-3H3,(H,32,35)(H,33,36). The lowest BCUT2D eigenvalue weighted by Crippen LogP contribution is -2.53. The van der Waals surface area contributed by atoms with Crippen LogP contribution >= 0.6 is 11.6 Å². The van der Waals surface area contributed by atoms with Gasteiger partial charge in [0.15, 0.2) is 11.5 Å². The van der Waals surface area contributed by atoms with Crippen molar-refractivity contribution in [1.29, 1.82) is 0 Å². The van der Waals surface area contributed by atoms with E-state index in [1.165, 1.54) is 0 Å². The van der Waals surface area contributed by atoms with Crippen LogP contribution in [0.25, 0.3) is 0 Å². The number of rotatable bonds is 6. The minimum Gasteiger partial charge on any atom is -0.484 e. The lowest BCUT2D eigenvalue weighted by atomic mass is 9.80. The van der Waals surface area contributed by atoms with Gasteiger partial charge in [-0.15, -0.1) is 0 Å². The van der Waals surface area contributed by atoms with Crippen LogP contribution in [0.1, 0.15) is 71.3 Å². The fourth-order valence-corrected chi connectivity index (χ4v) is 6.18. The Bertz CT molecular complexity index is 1280. The second-order valence-corrected chi connectivity index (χ2v) is 11.4. The molecule has 3 N–H and O–H groups in total. The molecule has 1 amide bonds. The fourth-order valence-electron chi connectivity index (χ4n) is 5.93. The Morgan fingerprint density at radius 1 is 1.11 bits per heavy atom. The van der Waals surface area contributed by atoms with E-state index in [4.69, 9.17) is 21.1 Å². The first-order valence-corrected chi connectivity index (χ1v) is 13.6. The van der Waals surface area contributed by atoms with Gasteiger partial charge in [-0.3, -0.25) is 9.59 Å². The number of alkyl halides is 2. The van der Waals surface area contributed by atoms with Crippen molar-refractivity contribution in [2.24, 2.45) is 5.92 Å². The van der Waals surface area contributed by atoms with Gasteiger partial charge < -0.3 is 25.1 Å². The molecule has 38 heavy (non-hydrogen) atoms. The molecule has 1 aromatic heterocycles. The molecule has 1 atom stereocenters. The molecular formula is C28H34ClF2N3O4. The molecular weight excluding hydrogens is 516 g/mol. The van der Waals surface area contributed by atoms with Crippen molar-refractivity contribution >= 4 is 17.5 Å². The third kappa shape index (κ3) is 5.54. The first-order valence-electron chi connectivity index (χ1n) is 13.2. The number of amides is 1. The topological polar surface area (TPSA) is 92.4 Å². The van der Waals surface area contributed by atoms with Crippen molar-refractivity contribution in [3.05, 3.63) is 55.5 Å². The Morgan fingerprint density at radius 3 is 2.47 bits per heavy atom. The molecule has 0 saturated heterocycles. The van der Waals surface area contributed by atoms with Crippen LogP contribution < -0.4 is 25.7 Å². The molecule has 2 aliphatic carbocycles. The summed E-state index contributed by atoms with van der Waals surface area (Å²) in [5.74, 6) is -1.70. The highest BCUT2D eigenvalue weighted by Crippen LogP contribution is 2.45. The van der Waals surface area contributed by atoms with E-state index in [9.17, 15) is 18.4 Å². The molecule has 0 radical (unpaired) electrons. The van der Waals surface area contributed by atoms with Crippen LogP contribution in [0.5, 0.6) is 11.5 Å². The van der Waals surface area contributed by atoms with Crippen LogP contribution in [0.15, 0.2) is 16.9 Å². The minimum atomic E-state index is -2.51. The van der Waals surface area contributed by atoms with Gasteiger partial charge in [0.2, 0.25) is 0 Å². The SMILES string of the molecule is Cc1cc(C)c(CNC(=O)c2cc(Cl)c3c(c2C)OC(C2CCC(NC4CC(F)(F)C4)CC2)CO3)c(=O)[nH]1. The van der Waals surface area contributed by atoms with Crippen LogP contribution in [-0.2, 0) is 6.54 Å². The van der Waals surface area contributed by atoms with E-state index in [0.29, 0.717) is 39.8 Å². The van der Waals surface area contributed by atoms with Gasteiger partial charge in [0.25, 0.3) is 17.4 Å². The van der Waals surface area contributed by atoms with Crippen LogP contribution in [0.4, 0.5) is 8.78 Å². The highest BCUT2D eigenvalue weighted by molar-refractivity contribution is 6.32. The number of nitrogens with one attached hydrogen (secondary N) is 3. The molecule has 206 valence electrons. The number of halogens is 3. The summed E-state index contributed by atoms with van der Waals surface area (Å²) in [7, 11) is 0. The van der Waals surface area contributed by atoms with Crippen molar-refractivity contribution in [1.82, 2.24) is 15.6 Å². The van der Waals surface area contributed by atoms with E-state index in [2.05, 4.69) is 15.6 Å². The van der Waals surface area contributed by atoms with Crippen molar-refractivity contribution in [3.63, 3.8) is 0 Å². The van der Waals surface area contributed by atoms with Crippen LogP contribution in [-0.4, -0.2) is 41.6 Å². The molecule has 7 nitrogen and oxygen atoms in total. The number of carbonyl (C=O) groups is 1. The van der Waals surface area contributed by atoms with E-state index < -0.39 is 5.92 Å². The number of fused-ring (bicyclic) bond motifs is 1. The minimum absolute atomic E-state index is 0.0691. The highest BCUT2D eigenvalue weighted by atomic mass is 35.5. The van der Waals surface area contributed by atoms with Gasteiger partial charge in [0, 0.05) is 53.9 Å². The van der Waals surface area contributed by atoms with Crippen LogP contribution in [0.2, 0.25) is 5.02 Å². The first-order chi connectivity index (χ1) is 18.0. The molecule has 1 aromatic carbocycles. The molecule has 2 saturated carbocycles. The largest absolute Gasteiger partial charge is 0.484 e. The van der Waals surface area contributed by atoms with Crippen LogP contribution in [0.3, 0.4) is 0 Å². The summed E-state index contributed by atoms with van der Waals surface area (Å²) in [4.78, 5) is 28.2. The summed E-state index contributed by atoms with van der Waals surface area (Å²) in [6.07, 6.45) is 3.29. The summed E-state index contributed by atoms with van der Waals surface area (Å²) in [6, 6.07) is 3.60. The Balaban J connectivity index is 1.23. The number of pyridine rings is 1. The van der Waals surface area contributed by atoms with E-state index in [0.717, 1.165) is 36.9 Å². The smallest absolute Gasteiger partial charge is 0.253 e.